The van der Waals surface area contributed by atoms with Crippen LogP contribution in [0.15, 0.2) is 53.5 Å². The van der Waals surface area contributed by atoms with Crippen molar-refractivity contribution in [2.45, 2.75) is 76.8 Å². The molecule has 0 atom stereocenters. The van der Waals surface area contributed by atoms with E-state index in [0.29, 0.717) is 26.6 Å². The van der Waals surface area contributed by atoms with Gasteiger partial charge in [0, 0.05) is 61.1 Å². The molecular weight excluding hydrogens is 568 g/mol. The molecule has 0 aliphatic heterocycles. The summed E-state index contributed by atoms with van der Waals surface area (Å²) in [5.41, 5.74) is 0.956. The molecule has 1 aromatic rings. The van der Waals surface area contributed by atoms with Crippen molar-refractivity contribution in [2.24, 2.45) is 0 Å². The third-order valence-electron chi connectivity index (χ3n) is 4.95. The first kappa shape index (κ1) is 44.7. The Balaban J connectivity index is -0.000000541. The predicted octanol–water partition coefficient (Wildman–Crippen LogP) is 4.91. The van der Waals surface area contributed by atoms with Crippen LogP contribution in [-0.4, -0.2) is 97.4 Å². The fraction of sp³-hybridized carbons (Fsp3) is 0.667. The van der Waals surface area contributed by atoms with Crippen LogP contribution in [0, 0.1) is 6.92 Å². The summed E-state index contributed by atoms with van der Waals surface area (Å²) in [4.78, 5) is -0.0666. The lowest BCUT2D eigenvalue weighted by atomic mass is 10.2. The topological polar surface area (TPSA) is 150 Å². The molecule has 0 aliphatic rings. The van der Waals surface area contributed by atoms with Crippen LogP contribution in [0.1, 0.15) is 57.9 Å². The van der Waals surface area contributed by atoms with Crippen LogP contribution in [0.3, 0.4) is 0 Å². The maximum absolute atomic E-state index is 10.5. The van der Waals surface area contributed by atoms with Gasteiger partial charge in [0.1, 0.15) is 6.79 Å². The van der Waals surface area contributed by atoms with E-state index in [-0.39, 0.29) is 24.1 Å². The molecule has 0 radical (unpaired) electrons. The molecule has 42 heavy (non-hydrogen) atoms. The molecule has 0 fully saturated rings. The van der Waals surface area contributed by atoms with E-state index in [0.717, 1.165) is 51.2 Å². The van der Waals surface area contributed by atoms with E-state index in [1.165, 1.54) is 12.1 Å². The van der Waals surface area contributed by atoms with Gasteiger partial charge in [-0.05, 0) is 58.6 Å². The third kappa shape index (κ3) is 31.2. The van der Waals surface area contributed by atoms with Crippen LogP contribution in [-0.2, 0) is 38.5 Å². The van der Waals surface area contributed by atoms with Gasteiger partial charge < -0.3 is 38.6 Å². The van der Waals surface area contributed by atoms with E-state index in [1.54, 1.807) is 33.5 Å². The minimum absolute atomic E-state index is 0.0666. The van der Waals surface area contributed by atoms with E-state index in [9.17, 15) is 8.42 Å². The number of rotatable bonds is 20. The molecule has 0 aromatic heterocycles. The Morgan fingerprint density at radius 2 is 1.26 bits per heavy atom. The highest BCUT2D eigenvalue weighted by Gasteiger charge is 2.07. The monoisotopic (exact) mass is 624 g/mol. The van der Waals surface area contributed by atoms with Crippen LogP contribution in [0.25, 0.3) is 0 Å². The first-order valence-corrected chi connectivity index (χ1v) is 15.4. The van der Waals surface area contributed by atoms with Gasteiger partial charge in [0.05, 0.1) is 11.5 Å². The smallest absolute Gasteiger partial charge is 0.294 e. The maximum atomic E-state index is 10.5. The fourth-order valence-electron chi connectivity index (χ4n) is 2.93. The number of aliphatic hydroxyl groups is 2. The van der Waals surface area contributed by atoms with E-state index >= 15 is 0 Å². The summed E-state index contributed by atoms with van der Waals surface area (Å²) in [5, 5.41) is 15.5. The first-order valence-electron chi connectivity index (χ1n) is 13.9. The van der Waals surface area contributed by atoms with Crippen LogP contribution in [0.2, 0.25) is 0 Å². The average Bonchev–Trinajstić information content (AvgIpc) is 2.98. The second-order valence-electron chi connectivity index (χ2n) is 8.24. The van der Waals surface area contributed by atoms with Crippen molar-refractivity contribution in [3.63, 3.8) is 0 Å². The highest BCUT2D eigenvalue weighted by molar-refractivity contribution is 7.85. The number of hydrogen-bond acceptors (Lipinski definition) is 10. The van der Waals surface area contributed by atoms with Gasteiger partial charge in [-0.1, -0.05) is 42.0 Å². The first-order chi connectivity index (χ1) is 20.2. The van der Waals surface area contributed by atoms with Crippen LogP contribution in [0.5, 0.6) is 0 Å². The number of hydrogen-bond donors (Lipinski definition) is 3. The summed E-state index contributed by atoms with van der Waals surface area (Å²) in [6.07, 6.45) is 13.4. The third-order valence-corrected chi connectivity index (χ3v) is 5.81. The van der Waals surface area contributed by atoms with Crippen molar-refractivity contribution < 1.29 is 51.6 Å². The predicted molar refractivity (Wildman–Crippen MR) is 165 cm³/mol. The molecule has 11 nitrogen and oxygen atoms in total. The van der Waals surface area contributed by atoms with Crippen LogP contribution >= 0.6 is 0 Å². The molecule has 0 aliphatic carbocycles. The maximum Gasteiger partial charge on any atom is 0.294 e. The number of benzene rings is 1. The lowest BCUT2D eigenvalue weighted by Gasteiger charge is -2.15. The lowest BCUT2D eigenvalue weighted by molar-refractivity contribution is -0.138. The minimum Gasteiger partial charge on any atom is -0.400 e. The highest BCUT2D eigenvalue weighted by Crippen LogP contribution is 2.09. The number of aryl methyl sites for hydroxylation is 1. The van der Waals surface area contributed by atoms with Gasteiger partial charge in [0.25, 0.3) is 10.1 Å². The van der Waals surface area contributed by atoms with Gasteiger partial charge in [-0.2, -0.15) is 8.42 Å². The van der Waals surface area contributed by atoms with Crippen molar-refractivity contribution in [2.75, 3.05) is 61.7 Å². The molecule has 0 unspecified atom stereocenters. The van der Waals surface area contributed by atoms with Gasteiger partial charge in [-0.3, -0.25) is 4.55 Å². The molecule has 0 saturated heterocycles. The molecule has 0 heterocycles. The Morgan fingerprint density at radius 1 is 0.786 bits per heavy atom. The second kappa shape index (κ2) is 33.8. The number of methoxy groups -OCH3 is 3. The fourth-order valence-corrected chi connectivity index (χ4v) is 3.41. The van der Waals surface area contributed by atoms with Gasteiger partial charge in [-0.15, -0.1) is 0 Å². The van der Waals surface area contributed by atoms with E-state index in [2.05, 4.69) is 12.2 Å². The second-order valence-corrected chi connectivity index (χ2v) is 9.66. The van der Waals surface area contributed by atoms with E-state index in [1.807, 2.05) is 32.9 Å². The molecule has 0 amide bonds. The van der Waals surface area contributed by atoms with E-state index < -0.39 is 10.1 Å². The minimum atomic E-state index is -4.02. The zero-order valence-electron chi connectivity index (χ0n) is 26.6. The summed E-state index contributed by atoms with van der Waals surface area (Å²) >= 11 is 0. The Bertz CT molecular complexity index is 818. The lowest BCUT2D eigenvalue weighted by Crippen LogP contribution is -2.16. The van der Waals surface area contributed by atoms with Gasteiger partial charge in [0.2, 0.25) is 0 Å². The summed E-state index contributed by atoms with van der Waals surface area (Å²) in [5.74, 6) is 0. The molecule has 1 rings (SSSR count). The summed E-state index contributed by atoms with van der Waals surface area (Å²) in [7, 11) is 1.86. The zero-order valence-corrected chi connectivity index (χ0v) is 27.4. The average molecular weight is 625 g/mol. The van der Waals surface area contributed by atoms with Gasteiger partial charge in [0.15, 0.2) is 12.6 Å². The highest BCUT2D eigenvalue weighted by atomic mass is 32.2. The van der Waals surface area contributed by atoms with Crippen LogP contribution < -0.4 is 0 Å². The van der Waals surface area contributed by atoms with Crippen molar-refractivity contribution in [1.29, 1.82) is 0 Å². The standard InChI is InChI=1S/C13H26O4.C9H18O3.C7H8O3S.CH4O/c1-4-16-13(17-5-2)10-8-6-7-9-11-15-12-14-3;1-11-9(12-2)7-5-3-4-6-8-10;1-6-2-4-7(5-3-6)11(8,9)10;1-2/h6-7,13H,4-5,8-12H2,1-3H3;3-4,9-10H,5-8H2,1-2H3;2-5H,1H3,(H,8,9,10);2H,1H3/b7-6-;4-3-;;. The summed E-state index contributed by atoms with van der Waals surface area (Å²) in [6.45, 7) is 8.47. The summed E-state index contributed by atoms with van der Waals surface area (Å²) < 4.78 is 60.4. The largest absolute Gasteiger partial charge is 0.400 e. The Kier molecular flexibility index (Phi) is 36.0. The molecule has 0 bridgehead atoms. The van der Waals surface area contributed by atoms with Gasteiger partial charge in [-0.25, -0.2) is 0 Å². The van der Waals surface area contributed by atoms with Crippen molar-refractivity contribution >= 4 is 10.1 Å². The molecule has 0 spiro atoms. The quantitative estimate of drug-likeness (QED) is 0.0786. The molecule has 248 valence electrons. The van der Waals surface area contributed by atoms with Crippen molar-refractivity contribution in [1.82, 2.24) is 0 Å². The SMILES string of the molecule is CCOC(CC/C=C\CCOCOC)OCC.CO.COC(CC/C=C\CCO)OC.Cc1ccc(S(=O)(=O)O)cc1. The van der Waals surface area contributed by atoms with E-state index in [4.69, 9.17) is 43.2 Å². The molecule has 12 heteroatoms. The Hall–Kier alpha value is -1.71. The number of ether oxygens (including phenoxy) is 6. The molecule has 1 aromatic carbocycles. The Labute approximate surface area is 254 Å². The summed E-state index contributed by atoms with van der Waals surface area (Å²) in [6, 6.07) is 5.99. The number of aliphatic hydroxyl groups excluding tert-OH is 2. The number of allylic oxidation sites excluding steroid dienone is 2. The normalized spacial score (nSPS) is 11.2. The molecule has 3 N–H and O–H groups in total. The van der Waals surface area contributed by atoms with Crippen molar-refractivity contribution in [3.8, 4) is 0 Å². The molecule has 0 saturated carbocycles. The van der Waals surface area contributed by atoms with Crippen molar-refractivity contribution in [3.05, 3.63) is 54.1 Å². The Morgan fingerprint density at radius 3 is 1.69 bits per heavy atom. The zero-order chi connectivity index (χ0) is 32.5. The van der Waals surface area contributed by atoms with Crippen LogP contribution in [0.4, 0.5) is 0 Å². The van der Waals surface area contributed by atoms with Gasteiger partial charge >= 0.3 is 0 Å². The molecular formula is C30H56O11S.